The summed E-state index contributed by atoms with van der Waals surface area (Å²) in [6.45, 7) is 4.66. The zero-order valence-electron chi connectivity index (χ0n) is 18.0. The van der Waals surface area contributed by atoms with E-state index in [0.717, 1.165) is 30.5 Å². The van der Waals surface area contributed by atoms with E-state index in [1.165, 1.54) is 11.8 Å². The van der Waals surface area contributed by atoms with E-state index < -0.39 is 0 Å². The quantitative estimate of drug-likeness (QED) is 0.388. The van der Waals surface area contributed by atoms with Crippen molar-refractivity contribution < 1.29 is 4.79 Å². The summed E-state index contributed by atoms with van der Waals surface area (Å²) in [5.41, 5.74) is 2.73. The van der Waals surface area contributed by atoms with Crippen molar-refractivity contribution in [3.8, 4) is 0 Å². The molecule has 1 aliphatic rings. The predicted octanol–water partition coefficient (Wildman–Crippen LogP) is 5.01. The van der Waals surface area contributed by atoms with Crippen LogP contribution in [0.3, 0.4) is 0 Å². The molecule has 1 heterocycles. The predicted molar refractivity (Wildman–Crippen MR) is 126 cm³/mol. The third kappa shape index (κ3) is 4.44. The summed E-state index contributed by atoms with van der Waals surface area (Å²) >= 11 is 1.34. The van der Waals surface area contributed by atoms with Crippen LogP contribution in [0.4, 0.5) is 0 Å². The van der Waals surface area contributed by atoms with Crippen molar-refractivity contribution in [1.29, 1.82) is 0 Å². The Morgan fingerprint density at radius 2 is 1.90 bits per heavy atom. The summed E-state index contributed by atoms with van der Waals surface area (Å²) in [5, 5.41) is 1.16. The molecular formula is C25H27N3O2S. The largest absolute Gasteiger partial charge is 0.316 e. The summed E-state index contributed by atoms with van der Waals surface area (Å²) in [4.78, 5) is 33.0. The molecule has 1 unspecified atom stereocenters. The normalized spacial score (nSPS) is 14.5. The summed E-state index contributed by atoms with van der Waals surface area (Å²) in [6.07, 6.45) is 5.25. The van der Waals surface area contributed by atoms with Crippen molar-refractivity contribution in [2.75, 3.05) is 12.3 Å². The zero-order valence-corrected chi connectivity index (χ0v) is 18.8. The Morgan fingerprint density at radius 3 is 2.61 bits per heavy atom. The average Bonchev–Trinajstić information content (AvgIpc) is 3.33. The Balaban J connectivity index is 1.69. The van der Waals surface area contributed by atoms with E-state index in [2.05, 4.69) is 6.08 Å². The van der Waals surface area contributed by atoms with Crippen LogP contribution in [0.1, 0.15) is 44.7 Å². The molecule has 2 aromatic carbocycles. The van der Waals surface area contributed by atoms with Crippen molar-refractivity contribution >= 4 is 28.6 Å². The Kier molecular flexibility index (Phi) is 6.56. The first-order valence-electron chi connectivity index (χ1n) is 10.8. The maximum Gasteiger partial charge on any atom is 0.262 e. The number of thioether (sulfide) groups is 1. The van der Waals surface area contributed by atoms with Crippen LogP contribution in [0.25, 0.3) is 10.9 Å². The number of fused-ring (bicyclic) bond motifs is 1. The van der Waals surface area contributed by atoms with E-state index in [0.29, 0.717) is 22.6 Å². The number of para-hydroxylation sites is 1. The molecule has 0 aliphatic heterocycles. The second kappa shape index (κ2) is 9.52. The maximum atomic E-state index is 13.4. The number of rotatable bonds is 7. The highest BCUT2D eigenvalue weighted by atomic mass is 32.2. The van der Waals surface area contributed by atoms with Crippen LogP contribution in [0.15, 0.2) is 76.3 Å². The lowest BCUT2D eigenvalue weighted by atomic mass is 10.1. The second-order valence-electron chi connectivity index (χ2n) is 7.69. The molecule has 0 fully saturated rings. The first kappa shape index (κ1) is 21.4. The molecule has 1 amide bonds. The number of aromatic nitrogens is 2. The minimum absolute atomic E-state index is 0.0574. The van der Waals surface area contributed by atoms with Gasteiger partial charge in [0.05, 0.1) is 22.7 Å². The first-order valence-corrected chi connectivity index (χ1v) is 11.8. The van der Waals surface area contributed by atoms with E-state index in [9.17, 15) is 9.59 Å². The molecule has 0 spiro atoms. The molecular weight excluding hydrogens is 406 g/mol. The molecule has 31 heavy (non-hydrogen) atoms. The number of carbonyl (C=O) groups excluding carboxylic acids is 1. The topological polar surface area (TPSA) is 55.2 Å². The second-order valence-corrected chi connectivity index (χ2v) is 8.63. The van der Waals surface area contributed by atoms with Gasteiger partial charge in [-0.3, -0.25) is 14.2 Å². The number of amides is 1. The molecule has 6 heteroatoms. The summed E-state index contributed by atoms with van der Waals surface area (Å²) in [6, 6.07) is 17.1. The minimum atomic E-state index is -0.191. The molecule has 5 nitrogen and oxygen atoms in total. The van der Waals surface area contributed by atoms with Gasteiger partial charge in [-0.15, -0.1) is 0 Å². The molecule has 0 saturated carbocycles. The highest BCUT2D eigenvalue weighted by molar-refractivity contribution is 7.99. The molecule has 3 aromatic rings. The van der Waals surface area contributed by atoms with Crippen LogP contribution < -0.4 is 5.56 Å². The summed E-state index contributed by atoms with van der Waals surface area (Å²) in [7, 11) is 0. The van der Waals surface area contributed by atoms with Gasteiger partial charge in [0.15, 0.2) is 5.16 Å². The lowest BCUT2D eigenvalue weighted by Gasteiger charge is -2.23. The van der Waals surface area contributed by atoms with Gasteiger partial charge in [0.1, 0.15) is 0 Å². The zero-order chi connectivity index (χ0) is 21.8. The van der Waals surface area contributed by atoms with Gasteiger partial charge in [-0.2, -0.15) is 0 Å². The minimum Gasteiger partial charge on any atom is -0.316 e. The standard InChI is InChI=1S/C25H27N3O2S/c1-3-27(20-13-7-8-14-20)23(29)17-31-25-26-22-16-10-9-15-21(22)24(30)28(25)18(2)19-11-5-4-6-12-19/h4-6,9-13,15-16,18H,3,7-8,14,17H2,1-2H3. The van der Waals surface area contributed by atoms with E-state index in [-0.39, 0.29) is 23.3 Å². The van der Waals surface area contributed by atoms with Crippen LogP contribution in [0, 0.1) is 0 Å². The highest BCUT2D eigenvalue weighted by Gasteiger charge is 2.22. The summed E-state index contributed by atoms with van der Waals surface area (Å²) < 4.78 is 1.72. The van der Waals surface area contributed by atoms with Crippen LogP contribution >= 0.6 is 11.8 Å². The van der Waals surface area contributed by atoms with Crippen molar-refractivity contribution in [1.82, 2.24) is 14.5 Å². The Hall–Kier alpha value is -2.86. The fraction of sp³-hybridized carbons (Fsp3) is 0.320. The van der Waals surface area contributed by atoms with Crippen molar-refractivity contribution in [3.05, 3.63) is 82.3 Å². The molecule has 160 valence electrons. The average molecular weight is 434 g/mol. The van der Waals surface area contributed by atoms with Crippen molar-refractivity contribution in [2.24, 2.45) is 0 Å². The van der Waals surface area contributed by atoms with Crippen molar-refractivity contribution in [3.63, 3.8) is 0 Å². The smallest absolute Gasteiger partial charge is 0.262 e. The van der Waals surface area contributed by atoms with E-state index in [1.807, 2.05) is 73.3 Å². The van der Waals surface area contributed by atoms with Gasteiger partial charge in [0.25, 0.3) is 5.56 Å². The third-order valence-corrected chi connectivity index (χ3v) is 6.69. The number of nitrogens with zero attached hydrogens (tertiary/aromatic N) is 3. The Bertz CT molecular complexity index is 1170. The lowest BCUT2D eigenvalue weighted by Crippen LogP contribution is -2.32. The maximum absolute atomic E-state index is 13.4. The van der Waals surface area contributed by atoms with Gasteiger partial charge >= 0.3 is 0 Å². The first-order chi connectivity index (χ1) is 15.1. The number of hydrogen-bond donors (Lipinski definition) is 0. The van der Waals surface area contributed by atoms with E-state index in [1.54, 1.807) is 4.57 Å². The fourth-order valence-electron chi connectivity index (χ4n) is 4.09. The Morgan fingerprint density at radius 1 is 1.16 bits per heavy atom. The van der Waals surface area contributed by atoms with Crippen LogP contribution in [-0.4, -0.2) is 32.7 Å². The SMILES string of the molecule is CCN(C(=O)CSc1nc2ccccc2c(=O)n1C(C)c1ccccc1)C1=CCCC1. The third-order valence-electron chi connectivity index (χ3n) is 5.75. The Labute approximate surface area is 186 Å². The molecule has 0 radical (unpaired) electrons. The monoisotopic (exact) mass is 433 g/mol. The number of carbonyl (C=O) groups is 1. The van der Waals surface area contributed by atoms with Crippen LogP contribution in [0.5, 0.6) is 0 Å². The molecule has 1 atom stereocenters. The molecule has 1 aliphatic carbocycles. The molecule has 0 saturated heterocycles. The van der Waals surface area contributed by atoms with Gasteiger partial charge in [0.2, 0.25) is 5.91 Å². The van der Waals surface area contributed by atoms with Gasteiger partial charge in [-0.1, -0.05) is 60.3 Å². The van der Waals surface area contributed by atoms with Gasteiger partial charge in [-0.05, 0) is 50.8 Å². The van der Waals surface area contributed by atoms with E-state index in [4.69, 9.17) is 4.98 Å². The van der Waals surface area contributed by atoms with Gasteiger partial charge in [0, 0.05) is 12.2 Å². The van der Waals surface area contributed by atoms with Crippen LogP contribution in [-0.2, 0) is 4.79 Å². The molecule has 1 aromatic heterocycles. The fourth-order valence-corrected chi connectivity index (χ4v) is 5.04. The highest BCUT2D eigenvalue weighted by Crippen LogP contribution is 2.27. The van der Waals surface area contributed by atoms with Crippen LogP contribution in [0.2, 0.25) is 0 Å². The van der Waals surface area contributed by atoms with Crippen molar-refractivity contribution in [2.45, 2.75) is 44.3 Å². The molecule has 0 bridgehead atoms. The molecule has 4 rings (SSSR count). The summed E-state index contributed by atoms with van der Waals surface area (Å²) in [5.74, 6) is 0.305. The number of hydrogen-bond acceptors (Lipinski definition) is 4. The number of benzene rings is 2. The lowest BCUT2D eigenvalue weighted by molar-refractivity contribution is -0.126. The van der Waals surface area contributed by atoms with E-state index >= 15 is 0 Å². The number of allylic oxidation sites excluding steroid dienone is 2. The van der Waals surface area contributed by atoms with Gasteiger partial charge in [-0.25, -0.2) is 4.98 Å². The van der Waals surface area contributed by atoms with Gasteiger partial charge < -0.3 is 4.90 Å². The molecule has 0 N–H and O–H groups in total.